The second kappa shape index (κ2) is 9.72. The van der Waals surface area contributed by atoms with E-state index in [1.807, 2.05) is 50.2 Å². The van der Waals surface area contributed by atoms with Crippen LogP contribution in [0, 0.1) is 5.92 Å². The first kappa shape index (κ1) is 21.8. The largest absolute Gasteiger partial charge is 0.361 e. The highest BCUT2D eigenvalue weighted by atomic mass is 16.5. The lowest BCUT2D eigenvalue weighted by atomic mass is 9.87. The van der Waals surface area contributed by atoms with Crippen LogP contribution in [0.1, 0.15) is 19.4 Å². The van der Waals surface area contributed by atoms with E-state index < -0.39 is 5.60 Å². The summed E-state index contributed by atoms with van der Waals surface area (Å²) in [5.41, 5.74) is 2.01. The average Bonchev–Trinajstić information content (AvgIpc) is 2.78. The van der Waals surface area contributed by atoms with Crippen molar-refractivity contribution in [3.8, 4) is 11.1 Å². The van der Waals surface area contributed by atoms with Crippen LogP contribution < -0.4 is 5.32 Å². The zero-order valence-electron chi connectivity index (χ0n) is 17.8. The SMILES string of the molecule is C=CCNC(=O)C1(Cc2ccccc2-c2ccccc2)CN(C(=O)C(C)C)CCO1. The predicted octanol–water partition coefficient (Wildman–Crippen LogP) is 3.45. The molecule has 3 rings (SSSR count). The summed E-state index contributed by atoms with van der Waals surface area (Å²) in [5, 5.41) is 2.89. The van der Waals surface area contributed by atoms with Crippen molar-refractivity contribution < 1.29 is 14.3 Å². The van der Waals surface area contributed by atoms with Gasteiger partial charge in [0, 0.05) is 25.4 Å². The summed E-state index contributed by atoms with van der Waals surface area (Å²) in [6, 6.07) is 18.1. The van der Waals surface area contributed by atoms with Gasteiger partial charge in [0.2, 0.25) is 5.91 Å². The first-order chi connectivity index (χ1) is 14.5. The van der Waals surface area contributed by atoms with Gasteiger partial charge in [-0.25, -0.2) is 0 Å². The highest BCUT2D eigenvalue weighted by Crippen LogP contribution is 2.30. The molecule has 1 unspecified atom stereocenters. The third-order valence-electron chi connectivity index (χ3n) is 5.39. The molecule has 1 heterocycles. The zero-order chi connectivity index (χ0) is 21.6. The number of carbonyl (C=O) groups excluding carboxylic acids is 2. The minimum atomic E-state index is -1.14. The van der Waals surface area contributed by atoms with E-state index in [0.717, 1.165) is 16.7 Å². The highest BCUT2D eigenvalue weighted by Gasteiger charge is 2.45. The molecule has 0 aliphatic carbocycles. The fraction of sp³-hybridized carbons (Fsp3) is 0.360. The molecule has 0 spiro atoms. The van der Waals surface area contributed by atoms with Crippen LogP contribution in [0.2, 0.25) is 0 Å². The van der Waals surface area contributed by atoms with E-state index in [0.29, 0.717) is 26.1 Å². The smallest absolute Gasteiger partial charge is 0.254 e. The molecule has 30 heavy (non-hydrogen) atoms. The third-order valence-corrected chi connectivity index (χ3v) is 5.39. The van der Waals surface area contributed by atoms with Crippen molar-refractivity contribution in [1.29, 1.82) is 0 Å². The number of hydrogen-bond donors (Lipinski definition) is 1. The molecule has 0 aromatic heterocycles. The first-order valence-corrected chi connectivity index (χ1v) is 10.4. The number of nitrogens with zero attached hydrogens (tertiary/aromatic N) is 1. The van der Waals surface area contributed by atoms with Crippen molar-refractivity contribution in [2.75, 3.05) is 26.2 Å². The molecule has 0 bridgehead atoms. The highest BCUT2D eigenvalue weighted by molar-refractivity contribution is 5.88. The Morgan fingerprint density at radius 3 is 2.57 bits per heavy atom. The summed E-state index contributed by atoms with van der Waals surface area (Å²) in [7, 11) is 0. The lowest BCUT2D eigenvalue weighted by Crippen LogP contribution is -2.62. The van der Waals surface area contributed by atoms with Crippen molar-refractivity contribution in [3.05, 3.63) is 72.8 Å². The van der Waals surface area contributed by atoms with E-state index >= 15 is 0 Å². The molecular weight excluding hydrogens is 376 g/mol. The maximum absolute atomic E-state index is 13.2. The Morgan fingerprint density at radius 1 is 1.17 bits per heavy atom. The summed E-state index contributed by atoms with van der Waals surface area (Å²) in [5.74, 6) is -0.310. The van der Waals surface area contributed by atoms with Crippen LogP contribution in [0.5, 0.6) is 0 Å². The van der Waals surface area contributed by atoms with Crippen LogP contribution in [0.25, 0.3) is 11.1 Å². The van der Waals surface area contributed by atoms with Gasteiger partial charge in [-0.2, -0.15) is 0 Å². The van der Waals surface area contributed by atoms with Crippen LogP contribution in [0.3, 0.4) is 0 Å². The topological polar surface area (TPSA) is 58.6 Å². The number of carbonyl (C=O) groups is 2. The number of ether oxygens (including phenoxy) is 1. The standard InChI is InChI=1S/C25H30N2O3/c1-4-14-26-24(29)25(18-27(15-16-30-25)23(28)19(2)3)17-21-12-8-9-13-22(21)20-10-6-5-7-11-20/h4-13,19H,1,14-18H2,2-3H3,(H,26,29). The fourth-order valence-electron chi connectivity index (χ4n) is 3.87. The molecule has 0 saturated carbocycles. The van der Waals surface area contributed by atoms with Gasteiger partial charge in [0.25, 0.3) is 5.91 Å². The van der Waals surface area contributed by atoms with Crippen molar-refractivity contribution >= 4 is 11.8 Å². The molecule has 1 fully saturated rings. The molecule has 5 nitrogen and oxygen atoms in total. The maximum atomic E-state index is 13.2. The fourth-order valence-corrected chi connectivity index (χ4v) is 3.87. The molecule has 158 valence electrons. The number of amides is 2. The normalized spacial score (nSPS) is 18.8. The lowest BCUT2D eigenvalue weighted by molar-refractivity contribution is -0.167. The van der Waals surface area contributed by atoms with E-state index in [1.165, 1.54) is 0 Å². The van der Waals surface area contributed by atoms with E-state index in [2.05, 4.69) is 30.1 Å². The van der Waals surface area contributed by atoms with E-state index in [-0.39, 0.29) is 24.3 Å². The van der Waals surface area contributed by atoms with E-state index in [4.69, 9.17) is 4.74 Å². The molecule has 1 N–H and O–H groups in total. The molecule has 2 aromatic carbocycles. The quantitative estimate of drug-likeness (QED) is 0.717. The third kappa shape index (κ3) is 4.79. The number of benzene rings is 2. The average molecular weight is 407 g/mol. The zero-order valence-corrected chi connectivity index (χ0v) is 17.8. The summed E-state index contributed by atoms with van der Waals surface area (Å²) in [6.07, 6.45) is 2.02. The molecule has 1 aliphatic heterocycles. The van der Waals surface area contributed by atoms with Crippen LogP contribution in [-0.4, -0.2) is 48.6 Å². The van der Waals surface area contributed by atoms with Crippen LogP contribution >= 0.6 is 0 Å². The van der Waals surface area contributed by atoms with Crippen molar-refractivity contribution in [2.24, 2.45) is 5.92 Å². The maximum Gasteiger partial charge on any atom is 0.254 e. The van der Waals surface area contributed by atoms with Crippen LogP contribution in [0.15, 0.2) is 67.3 Å². The first-order valence-electron chi connectivity index (χ1n) is 10.4. The molecule has 2 amide bonds. The van der Waals surface area contributed by atoms with Crippen LogP contribution in [0.4, 0.5) is 0 Å². The summed E-state index contributed by atoms with van der Waals surface area (Å²) >= 11 is 0. The number of hydrogen-bond acceptors (Lipinski definition) is 3. The van der Waals surface area contributed by atoms with Crippen molar-refractivity contribution in [3.63, 3.8) is 0 Å². The molecule has 1 atom stereocenters. The second-order valence-corrected chi connectivity index (χ2v) is 7.96. The Hall–Kier alpha value is -2.92. The van der Waals surface area contributed by atoms with Gasteiger partial charge in [0.1, 0.15) is 0 Å². The minimum Gasteiger partial charge on any atom is -0.361 e. The van der Waals surface area contributed by atoms with E-state index in [1.54, 1.807) is 11.0 Å². The summed E-state index contributed by atoms with van der Waals surface area (Å²) in [4.78, 5) is 27.7. The van der Waals surface area contributed by atoms with Gasteiger partial charge in [0.15, 0.2) is 5.60 Å². The van der Waals surface area contributed by atoms with Gasteiger partial charge >= 0.3 is 0 Å². The molecule has 1 aliphatic rings. The Bertz CT molecular complexity index is 894. The Balaban J connectivity index is 1.97. The van der Waals surface area contributed by atoms with Gasteiger partial charge in [-0.1, -0.05) is 74.5 Å². The molecule has 2 aromatic rings. The molecule has 0 radical (unpaired) electrons. The van der Waals surface area contributed by atoms with Crippen molar-refractivity contribution in [1.82, 2.24) is 10.2 Å². The molecule has 5 heteroatoms. The van der Waals surface area contributed by atoms with Gasteiger partial charge < -0.3 is 15.0 Å². The monoisotopic (exact) mass is 406 g/mol. The van der Waals surface area contributed by atoms with Gasteiger partial charge in [-0.15, -0.1) is 6.58 Å². The summed E-state index contributed by atoms with van der Waals surface area (Å²) in [6.45, 7) is 8.84. The van der Waals surface area contributed by atoms with Gasteiger partial charge in [-0.3, -0.25) is 9.59 Å². The Morgan fingerprint density at radius 2 is 1.87 bits per heavy atom. The Labute approximate surface area is 178 Å². The minimum absolute atomic E-state index is 0.0375. The summed E-state index contributed by atoms with van der Waals surface area (Å²) < 4.78 is 6.14. The van der Waals surface area contributed by atoms with Crippen molar-refractivity contribution in [2.45, 2.75) is 25.9 Å². The number of nitrogens with one attached hydrogen (secondary N) is 1. The Kier molecular flexibility index (Phi) is 7.06. The lowest BCUT2D eigenvalue weighted by Gasteiger charge is -2.42. The number of rotatable bonds is 7. The predicted molar refractivity (Wildman–Crippen MR) is 119 cm³/mol. The molecule has 1 saturated heterocycles. The van der Waals surface area contributed by atoms with Crippen LogP contribution in [-0.2, 0) is 20.7 Å². The van der Waals surface area contributed by atoms with Gasteiger partial charge in [0.05, 0.1) is 13.2 Å². The van der Waals surface area contributed by atoms with E-state index in [9.17, 15) is 9.59 Å². The second-order valence-electron chi connectivity index (χ2n) is 7.96. The molecular formula is C25H30N2O3. The van der Waals surface area contributed by atoms with Gasteiger partial charge in [-0.05, 0) is 16.7 Å². The number of morpholine rings is 1.